The molecule has 0 fully saturated rings. The maximum Gasteiger partial charge on any atom is 0.269 e. The average Bonchev–Trinajstić information content (AvgIpc) is 1.89. The predicted molar refractivity (Wildman–Crippen MR) is 37.5 cm³/mol. The monoisotopic (exact) mass is 161 g/mol. The van der Waals surface area contributed by atoms with Crippen LogP contribution in [0.1, 0.15) is 6.42 Å². The molecule has 1 unspecified atom stereocenters. The maximum atomic E-state index is 10.6. The standard InChI is InChI=1S/C6H8ClNO2/c7-6(5(8)9)3-1-2-4-10-6/h1,3H,2,4H2,(H2,8,9). The molecule has 0 bridgehead atoms. The normalized spacial score (nSPS) is 32.1. The number of hydrogen-bond acceptors (Lipinski definition) is 2. The second-order valence-electron chi connectivity index (χ2n) is 2.05. The molecule has 0 aromatic rings. The second kappa shape index (κ2) is 2.60. The highest BCUT2D eigenvalue weighted by molar-refractivity contribution is 6.35. The molecule has 56 valence electrons. The van der Waals surface area contributed by atoms with Crippen molar-refractivity contribution in [1.29, 1.82) is 0 Å². The first-order valence-electron chi connectivity index (χ1n) is 2.95. The van der Waals surface area contributed by atoms with Gasteiger partial charge in [0.25, 0.3) is 5.91 Å². The lowest BCUT2D eigenvalue weighted by Gasteiger charge is -2.22. The Kier molecular flexibility index (Phi) is 1.97. The largest absolute Gasteiger partial charge is 0.366 e. The molecule has 10 heavy (non-hydrogen) atoms. The van der Waals surface area contributed by atoms with Gasteiger partial charge in [-0.2, -0.15) is 0 Å². The highest BCUT2D eigenvalue weighted by Gasteiger charge is 2.33. The summed E-state index contributed by atoms with van der Waals surface area (Å²) in [7, 11) is 0. The van der Waals surface area contributed by atoms with E-state index in [-0.39, 0.29) is 0 Å². The van der Waals surface area contributed by atoms with E-state index in [4.69, 9.17) is 22.1 Å². The van der Waals surface area contributed by atoms with Crippen LogP contribution >= 0.6 is 11.6 Å². The minimum absolute atomic E-state index is 0.447. The van der Waals surface area contributed by atoms with E-state index in [9.17, 15) is 4.79 Å². The number of carbonyl (C=O) groups is 1. The van der Waals surface area contributed by atoms with Crippen molar-refractivity contribution in [2.24, 2.45) is 5.73 Å². The molecule has 1 atom stereocenters. The molecule has 0 saturated carbocycles. The van der Waals surface area contributed by atoms with Gasteiger partial charge in [-0.1, -0.05) is 17.7 Å². The Bertz CT molecular complexity index is 181. The zero-order valence-corrected chi connectivity index (χ0v) is 6.10. The molecule has 0 aromatic carbocycles. The zero-order chi connectivity index (χ0) is 7.61. The van der Waals surface area contributed by atoms with Gasteiger partial charge in [0.15, 0.2) is 0 Å². The number of ether oxygens (including phenoxy) is 1. The molecule has 0 aromatic heterocycles. The number of alkyl halides is 1. The van der Waals surface area contributed by atoms with E-state index in [0.717, 1.165) is 6.42 Å². The van der Waals surface area contributed by atoms with Crippen molar-refractivity contribution < 1.29 is 9.53 Å². The number of primary amides is 1. The van der Waals surface area contributed by atoms with Crippen LogP contribution in [0.25, 0.3) is 0 Å². The lowest BCUT2D eigenvalue weighted by atomic mass is 10.2. The van der Waals surface area contributed by atoms with Gasteiger partial charge in [0, 0.05) is 0 Å². The van der Waals surface area contributed by atoms with E-state index in [1.165, 1.54) is 6.08 Å². The lowest BCUT2D eigenvalue weighted by Crippen LogP contribution is -2.41. The van der Waals surface area contributed by atoms with Crippen molar-refractivity contribution in [1.82, 2.24) is 0 Å². The van der Waals surface area contributed by atoms with Crippen LogP contribution < -0.4 is 5.73 Å². The number of halogens is 1. The Morgan fingerprint density at radius 3 is 2.80 bits per heavy atom. The van der Waals surface area contributed by atoms with Gasteiger partial charge in [-0.25, -0.2) is 0 Å². The molecule has 1 heterocycles. The van der Waals surface area contributed by atoms with Gasteiger partial charge < -0.3 is 10.5 Å². The van der Waals surface area contributed by atoms with Crippen molar-refractivity contribution >= 4 is 17.5 Å². The lowest BCUT2D eigenvalue weighted by molar-refractivity contribution is -0.130. The summed E-state index contributed by atoms with van der Waals surface area (Å²) in [5, 5.41) is -1.39. The first-order valence-corrected chi connectivity index (χ1v) is 3.33. The van der Waals surface area contributed by atoms with Gasteiger partial charge in [0.2, 0.25) is 5.06 Å². The van der Waals surface area contributed by atoms with Crippen LogP contribution in [0.15, 0.2) is 12.2 Å². The van der Waals surface area contributed by atoms with Gasteiger partial charge in [-0.3, -0.25) is 4.79 Å². The fourth-order valence-electron chi connectivity index (χ4n) is 0.712. The van der Waals surface area contributed by atoms with E-state index in [2.05, 4.69) is 0 Å². The first-order chi connectivity index (χ1) is 4.65. The van der Waals surface area contributed by atoms with Gasteiger partial charge >= 0.3 is 0 Å². The number of rotatable bonds is 1. The molecule has 0 radical (unpaired) electrons. The predicted octanol–water partition coefficient (Wildman–Crippen LogP) is 0.383. The smallest absolute Gasteiger partial charge is 0.269 e. The quantitative estimate of drug-likeness (QED) is 0.447. The fraction of sp³-hybridized carbons (Fsp3) is 0.500. The zero-order valence-electron chi connectivity index (χ0n) is 5.34. The second-order valence-corrected chi connectivity index (χ2v) is 2.61. The maximum absolute atomic E-state index is 10.6. The van der Waals surface area contributed by atoms with Crippen molar-refractivity contribution in [3.8, 4) is 0 Å². The van der Waals surface area contributed by atoms with E-state index in [1.807, 2.05) is 0 Å². The highest BCUT2D eigenvalue weighted by Crippen LogP contribution is 2.22. The van der Waals surface area contributed by atoms with Crippen LogP contribution in [0.4, 0.5) is 0 Å². The van der Waals surface area contributed by atoms with Gasteiger partial charge in [0.05, 0.1) is 6.61 Å². The SMILES string of the molecule is NC(=O)C1(Cl)C=CCCO1. The molecule has 1 rings (SSSR count). The summed E-state index contributed by atoms with van der Waals surface area (Å²) < 4.78 is 4.93. The Morgan fingerprint density at radius 2 is 2.50 bits per heavy atom. The summed E-state index contributed by atoms with van der Waals surface area (Å²) in [6.07, 6.45) is 4.03. The summed E-state index contributed by atoms with van der Waals surface area (Å²) in [5.41, 5.74) is 4.95. The molecule has 0 spiro atoms. The topological polar surface area (TPSA) is 52.3 Å². The molecule has 1 aliphatic rings. The molecular weight excluding hydrogens is 154 g/mol. The van der Waals surface area contributed by atoms with Crippen LogP contribution in [-0.4, -0.2) is 17.6 Å². The number of hydrogen-bond donors (Lipinski definition) is 1. The van der Waals surface area contributed by atoms with Crippen molar-refractivity contribution in [3.05, 3.63) is 12.2 Å². The van der Waals surface area contributed by atoms with Gasteiger partial charge in [0.1, 0.15) is 0 Å². The van der Waals surface area contributed by atoms with Crippen LogP contribution in [0, 0.1) is 0 Å². The van der Waals surface area contributed by atoms with Crippen LogP contribution in [0.5, 0.6) is 0 Å². The molecule has 1 amide bonds. The summed E-state index contributed by atoms with van der Waals surface area (Å²) in [4.78, 5) is 10.6. The Morgan fingerprint density at radius 1 is 1.80 bits per heavy atom. The number of amides is 1. The van der Waals surface area contributed by atoms with E-state index >= 15 is 0 Å². The van der Waals surface area contributed by atoms with Crippen molar-refractivity contribution in [2.75, 3.05) is 6.61 Å². The Hall–Kier alpha value is -0.540. The average molecular weight is 162 g/mol. The van der Waals surface area contributed by atoms with E-state index < -0.39 is 11.0 Å². The van der Waals surface area contributed by atoms with Crippen LogP contribution in [-0.2, 0) is 9.53 Å². The molecule has 1 aliphatic heterocycles. The van der Waals surface area contributed by atoms with Gasteiger partial charge in [-0.15, -0.1) is 0 Å². The summed E-state index contributed by atoms with van der Waals surface area (Å²) in [6, 6.07) is 0. The molecule has 2 N–H and O–H groups in total. The minimum Gasteiger partial charge on any atom is -0.366 e. The van der Waals surface area contributed by atoms with E-state index in [1.54, 1.807) is 6.08 Å². The summed E-state index contributed by atoms with van der Waals surface area (Å²) >= 11 is 5.63. The fourth-order valence-corrected chi connectivity index (χ4v) is 0.878. The third-order valence-electron chi connectivity index (χ3n) is 1.26. The minimum atomic E-state index is -1.39. The van der Waals surface area contributed by atoms with E-state index in [0.29, 0.717) is 6.61 Å². The van der Waals surface area contributed by atoms with Gasteiger partial charge in [-0.05, 0) is 12.5 Å². The Labute approximate surface area is 63.8 Å². The van der Waals surface area contributed by atoms with Crippen molar-refractivity contribution in [3.63, 3.8) is 0 Å². The number of nitrogens with two attached hydrogens (primary N) is 1. The Balaban J connectivity index is 2.75. The van der Waals surface area contributed by atoms with Crippen LogP contribution in [0.3, 0.4) is 0 Å². The first kappa shape index (κ1) is 7.57. The third-order valence-corrected chi connectivity index (χ3v) is 1.69. The summed E-state index contributed by atoms with van der Waals surface area (Å²) in [6.45, 7) is 0.447. The number of carbonyl (C=O) groups excluding carboxylic acids is 1. The molecule has 3 nitrogen and oxygen atoms in total. The highest BCUT2D eigenvalue weighted by atomic mass is 35.5. The summed E-state index contributed by atoms with van der Waals surface area (Å²) in [5.74, 6) is -0.662. The molecule has 0 saturated heterocycles. The third kappa shape index (κ3) is 1.30. The molecular formula is C6H8ClNO2. The molecule has 4 heteroatoms. The molecule has 0 aliphatic carbocycles. The van der Waals surface area contributed by atoms with Crippen molar-refractivity contribution in [2.45, 2.75) is 11.5 Å². The van der Waals surface area contributed by atoms with Crippen LogP contribution in [0.2, 0.25) is 0 Å².